The third kappa shape index (κ3) is 6.49. The zero-order valence-electron chi connectivity index (χ0n) is 20.6. The normalized spacial score (nSPS) is 18.6. The summed E-state index contributed by atoms with van der Waals surface area (Å²) in [5.74, 6) is -0.633. The van der Waals surface area contributed by atoms with Gasteiger partial charge in [-0.15, -0.1) is 0 Å². The molecule has 1 aliphatic rings. The Balaban J connectivity index is 1.49. The van der Waals surface area contributed by atoms with E-state index in [1.165, 1.54) is 55.7 Å². The van der Waals surface area contributed by atoms with Gasteiger partial charge in [-0.05, 0) is 79.0 Å². The van der Waals surface area contributed by atoms with Crippen molar-refractivity contribution in [3.63, 3.8) is 0 Å². The van der Waals surface area contributed by atoms with Gasteiger partial charge in [0.1, 0.15) is 11.6 Å². The van der Waals surface area contributed by atoms with Crippen LogP contribution in [0.3, 0.4) is 0 Å². The Labute approximate surface area is 213 Å². The highest BCUT2D eigenvalue weighted by atomic mass is 19.4. The summed E-state index contributed by atoms with van der Waals surface area (Å²) in [7, 11) is 0. The topological polar surface area (TPSA) is 9.23 Å². The molecule has 0 atom stereocenters. The van der Waals surface area contributed by atoms with E-state index in [1.54, 1.807) is 12.1 Å². The van der Waals surface area contributed by atoms with Crippen molar-refractivity contribution in [2.24, 2.45) is 5.92 Å². The number of unbranched alkanes of at least 4 members (excludes halogenated alkanes) is 1. The summed E-state index contributed by atoms with van der Waals surface area (Å²) in [4.78, 5) is 0. The molecule has 1 fully saturated rings. The van der Waals surface area contributed by atoms with Gasteiger partial charge in [0, 0.05) is 5.56 Å². The number of halogens is 6. The minimum Gasteiger partial charge on any atom is -0.428 e. The molecular weight excluding hydrogens is 490 g/mol. The van der Waals surface area contributed by atoms with Gasteiger partial charge in [-0.25, -0.2) is 4.39 Å². The van der Waals surface area contributed by atoms with Crippen molar-refractivity contribution < 1.29 is 31.1 Å². The zero-order chi connectivity index (χ0) is 26.6. The van der Waals surface area contributed by atoms with Crippen molar-refractivity contribution in [2.45, 2.75) is 70.1 Å². The first kappa shape index (κ1) is 27.1. The van der Waals surface area contributed by atoms with Crippen molar-refractivity contribution in [3.05, 3.63) is 89.2 Å². The van der Waals surface area contributed by atoms with Gasteiger partial charge in [-0.3, -0.25) is 0 Å². The maximum absolute atomic E-state index is 15.1. The molecule has 0 saturated heterocycles. The average molecular weight is 521 g/mol. The first-order chi connectivity index (χ1) is 17.6. The van der Waals surface area contributed by atoms with E-state index < -0.39 is 23.7 Å². The zero-order valence-corrected chi connectivity index (χ0v) is 20.6. The second-order valence-electron chi connectivity index (χ2n) is 9.79. The van der Waals surface area contributed by atoms with Gasteiger partial charge in [0.2, 0.25) is 0 Å². The fourth-order valence-corrected chi connectivity index (χ4v) is 5.13. The van der Waals surface area contributed by atoms with Crippen LogP contribution in [0.4, 0.5) is 26.3 Å². The molecule has 3 aromatic rings. The molecule has 0 N–H and O–H groups in total. The standard InChI is InChI=1S/C30H30F6O/c1-2-3-6-20-9-11-21(12-10-20)22-13-16-24(17-14-22)30(35,36)37-28-8-5-4-7-25(28)23-15-18-26(27(31)19-23)29(32,33)34/h4-5,7-8,13-21H,2-3,6,9-12H2,1H3/t20-,21-. The van der Waals surface area contributed by atoms with Crippen LogP contribution in [-0.2, 0) is 12.3 Å². The highest BCUT2D eigenvalue weighted by molar-refractivity contribution is 5.70. The lowest BCUT2D eigenvalue weighted by Crippen LogP contribution is -2.22. The van der Waals surface area contributed by atoms with E-state index in [9.17, 15) is 17.6 Å². The Morgan fingerprint density at radius 2 is 1.51 bits per heavy atom. The third-order valence-electron chi connectivity index (χ3n) is 7.24. The number of alkyl halides is 5. The first-order valence-corrected chi connectivity index (χ1v) is 12.7. The van der Waals surface area contributed by atoms with Gasteiger partial charge in [0.05, 0.1) is 11.1 Å². The second-order valence-corrected chi connectivity index (χ2v) is 9.79. The highest BCUT2D eigenvalue weighted by Gasteiger charge is 2.36. The summed E-state index contributed by atoms with van der Waals surface area (Å²) in [6, 6.07) is 14.1. The van der Waals surface area contributed by atoms with Gasteiger partial charge in [0.25, 0.3) is 0 Å². The van der Waals surface area contributed by atoms with Crippen LogP contribution in [0.5, 0.6) is 5.75 Å². The maximum Gasteiger partial charge on any atom is 0.426 e. The van der Waals surface area contributed by atoms with Crippen LogP contribution in [0.1, 0.15) is 74.5 Å². The van der Waals surface area contributed by atoms with Crippen molar-refractivity contribution in [3.8, 4) is 16.9 Å². The molecule has 4 rings (SSSR count). The molecule has 1 saturated carbocycles. The van der Waals surface area contributed by atoms with E-state index in [0.29, 0.717) is 18.1 Å². The Kier molecular flexibility index (Phi) is 8.20. The monoisotopic (exact) mass is 520 g/mol. The molecule has 0 unspecified atom stereocenters. The molecule has 0 heterocycles. The third-order valence-corrected chi connectivity index (χ3v) is 7.24. The number of hydrogen-bond acceptors (Lipinski definition) is 1. The lowest BCUT2D eigenvalue weighted by Gasteiger charge is -2.29. The molecule has 0 aliphatic heterocycles. The minimum atomic E-state index is -4.85. The van der Waals surface area contributed by atoms with Gasteiger partial charge in [0.15, 0.2) is 0 Å². The Bertz CT molecular complexity index is 1180. The van der Waals surface area contributed by atoms with E-state index in [1.807, 2.05) is 0 Å². The quantitative estimate of drug-likeness (QED) is 0.269. The Morgan fingerprint density at radius 3 is 2.14 bits per heavy atom. The molecule has 7 heteroatoms. The van der Waals surface area contributed by atoms with E-state index in [0.717, 1.165) is 43.2 Å². The van der Waals surface area contributed by atoms with Crippen LogP contribution >= 0.6 is 0 Å². The smallest absolute Gasteiger partial charge is 0.426 e. The lowest BCUT2D eigenvalue weighted by molar-refractivity contribution is -0.185. The Hall–Kier alpha value is -2.96. The first-order valence-electron chi connectivity index (χ1n) is 12.7. The van der Waals surface area contributed by atoms with Crippen molar-refractivity contribution in [2.75, 3.05) is 0 Å². The number of ether oxygens (including phenoxy) is 1. The van der Waals surface area contributed by atoms with Crippen molar-refractivity contribution >= 4 is 0 Å². The van der Waals surface area contributed by atoms with Gasteiger partial charge in [-0.2, -0.15) is 22.0 Å². The van der Waals surface area contributed by atoms with Crippen LogP contribution in [-0.4, -0.2) is 0 Å². The molecule has 0 bridgehead atoms. The molecule has 0 spiro atoms. The van der Waals surface area contributed by atoms with E-state index >= 15 is 8.78 Å². The summed E-state index contributed by atoms with van der Waals surface area (Å²) < 4.78 is 88.2. The molecule has 37 heavy (non-hydrogen) atoms. The number of rotatable bonds is 8. The van der Waals surface area contributed by atoms with E-state index in [4.69, 9.17) is 4.74 Å². The summed E-state index contributed by atoms with van der Waals surface area (Å²) in [5, 5.41) is 0. The molecule has 0 aromatic heterocycles. The fourth-order valence-electron chi connectivity index (χ4n) is 5.13. The van der Waals surface area contributed by atoms with Gasteiger partial charge >= 0.3 is 12.3 Å². The number of para-hydroxylation sites is 1. The van der Waals surface area contributed by atoms with Crippen LogP contribution in [0.15, 0.2) is 66.7 Å². The largest absolute Gasteiger partial charge is 0.428 e. The Morgan fingerprint density at radius 1 is 0.838 bits per heavy atom. The molecule has 1 aliphatic carbocycles. The lowest BCUT2D eigenvalue weighted by atomic mass is 9.77. The fraction of sp³-hybridized carbons (Fsp3) is 0.400. The van der Waals surface area contributed by atoms with Crippen LogP contribution < -0.4 is 4.74 Å². The maximum atomic E-state index is 15.1. The summed E-state index contributed by atoms with van der Waals surface area (Å²) in [6.07, 6.45) is -0.426. The highest BCUT2D eigenvalue weighted by Crippen LogP contribution is 2.41. The summed E-state index contributed by atoms with van der Waals surface area (Å²) >= 11 is 0. The number of benzene rings is 3. The predicted molar refractivity (Wildman–Crippen MR) is 132 cm³/mol. The molecule has 0 radical (unpaired) electrons. The molecule has 198 valence electrons. The van der Waals surface area contributed by atoms with E-state index in [-0.39, 0.29) is 22.4 Å². The van der Waals surface area contributed by atoms with Crippen molar-refractivity contribution in [1.29, 1.82) is 0 Å². The summed E-state index contributed by atoms with van der Waals surface area (Å²) in [5.41, 5.74) is -0.655. The van der Waals surface area contributed by atoms with Crippen molar-refractivity contribution in [1.82, 2.24) is 0 Å². The number of hydrogen-bond donors (Lipinski definition) is 0. The molecule has 1 nitrogen and oxygen atoms in total. The van der Waals surface area contributed by atoms with Crippen LogP contribution in [0, 0.1) is 11.7 Å². The van der Waals surface area contributed by atoms with E-state index in [2.05, 4.69) is 6.92 Å². The van der Waals surface area contributed by atoms with Crippen LogP contribution in [0.25, 0.3) is 11.1 Å². The molecule has 3 aromatic carbocycles. The SMILES string of the molecule is CCCC[C@H]1CC[C@H](c2ccc(C(F)(F)Oc3ccccc3-c3ccc(C(F)(F)F)c(F)c3)cc2)CC1. The van der Waals surface area contributed by atoms with Gasteiger partial charge < -0.3 is 4.74 Å². The molecular formula is C30H30F6O. The minimum absolute atomic E-state index is 0.00165. The predicted octanol–water partition coefficient (Wildman–Crippen LogP) is 10.1. The summed E-state index contributed by atoms with van der Waals surface area (Å²) in [6.45, 7) is 2.19. The van der Waals surface area contributed by atoms with Crippen LogP contribution in [0.2, 0.25) is 0 Å². The molecule has 0 amide bonds. The average Bonchev–Trinajstić information content (AvgIpc) is 2.87. The second kappa shape index (κ2) is 11.2. The van der Waals surface area contributed by atoms with Gasteiger partial charge in [-0.1, -0.05) is 62.6 Å².